The number of thioether (sulfide) groups is 1. The molecule has 0 atom stereocenters. The van der Waals surface area contributed by atoms with Crippen LogP contribution in [-0.2, 0) is 22.4 Å². The fraction of sp³-hybridized carbons (Fsp3) is 0.462. The Labute approximate surface area is 110 Å². The maximum absolute atomic E-state index is 11.0. The van der Waals surface area contributed by atoms with Gasteiger partial charge in [0.1, 0.15) is 11.1 Å². The minimum absolute atomic E-state index is 0.234. The van der Waals surface area contributed by atoms with Crippen LogP contribution >= 0.6 is 11.8 Å². The molecule has 2 rings (SSSR count). The summed E-state index contributed by atoms with van der Waals surface area (Å²) in [7, 11) is 1.38. The van der Waals surface area contributed by atoms with E-state index in [2.05, 4.69) is 15.8 Å². The first-order chi connectivity index (χ1) is 8.74. The van der Waals surface area contributed by atoms with Gasteiger partial charge in [0.05, 0.1) is 19.1 Å². The number of methoxy groups -OCH3 is 1. The van der Waals surface area contributed by atoms with E-state index < -0.39 is 0 Å². The van der Waals surface area contributed by atoms with Crippen molar-refractivity contribution in [1.29, 1.82) is 5.26 Å². The van der Waals surface area contributed by atoms with Crippen molar-refractivity contribution in [2.24, 2.45) is 0 Å². The van der Waals surface area contributed by atoms with Crippen LogP contribution in [0.2, 0.25) is 0 Å². The van der Waals surface area contributed by atoms with Gasteiger partial charge in [0.15, 0.2) is 0 Å². The number of aryl methyl sites for hydroxylation is 2. The molecule has 1 aliphatic rings. The van der Waals surface area contributed by atoms with Gasteiger partial charge in [-0.05, 0) is 30.9 Å². The Morgan fingerprint density at radius 3 is 3.17 bits per heavy atom. The molecule has 0 saturated carbocycles. The molecular weight excluding hydrogens is 248 g/mol. The summed E-state index contributed by atoms with van der Waals surface area (Å²) < 4.78 is 4.58. The van der Waals surface area contributed by atoms with Crippen LogP contribution in [0.15, 0.2) is 11.1 Å². The average Bonchev–Trinajstić information content (AvgIpc) is 2.84. The van der Waals surface area contributed by atoms with Gasteiger partial charge in [-0.25, -0.2) is 4.98 Å². The van der Waals surface area contributed by atoms with Gasteiger partial charge in [-0.2, -0.15) is 5.26 Å². The highest BCUT2D eigenvalue weighted by Crippen LogP contribution is 2.28. The summed E-state index contributed by atoms with van der Waals surface area (Å²) in [5.74, 6) is 0.356. The predicted molar refractivity (Wildman–Crippen MR) is 68.3 cm³/mol. The molecule has 0 aromatic carbocycles. The van der Waals surface area contributed by atoms with Crippen molar-refractivity contribution < 1.29 is 9.53 Å². The lowest BCUT2D eigenvalue weighted by atomic mass is 10.2. The lowest BCUT2D eigenvalue weighted by Gasteiger charge is -2.06. The molecule has 1 aliphatic carbocycles. The molecule has 0 aliphatic heterocycles. The van der Waals surface area contributed by atoms with E-state index in [1.165, 1.54) is 24.4 Å². The number of hydrogen-bond donors (Lipinski definition) is 0. The van der Waals surface area contributed by atoms with Crippen LogP contribution in [0.4, 0.5) is 0 Å². The fourth-order valence-electron chi connectivity index (χ4n) is 1.98. The van der Waals surface area contributed by atoms with Crippen LogP contribution in [0.5, 0.6) is 0 Å². The van der Waals surface area contributed by atoms with Crippen molar-refractivity contribution in [1.82, 2.24) is 4.98 Å². The van der Waals surface area contributed by atoms with E-state index in [9.17, 15) is 4.79 Å². The van der Waals surface area contributed by atoms with Crippen LogP contribution in [0, 0.1) is 11.3 Å². The Kier molecular flexibility index (Phi) is 4.21. The minimum atomic E-state index is -0.234. The Morgan fingerprint density at radius 2 is 2.44 bits per heavy atom. The van der Waals surface area contributed by atoms with Crippen molar-refractivity contribution >= 4 is 17.7 Å². The SMILES string of the molecule is COC(=O)CCSc1nc2c(cc1C#N)CCC2. The number of carbonyl (C=O) groups excluding carboxylic acids is 1. The Hall–Kier alpha value is -1.54. The van der Waals surface area contributed by atoms with Crippen molar-refractivity contribution in [3.05, 3.63) is 22.9 Å². The third-order valence-corrected chi connectivity index (χ3v) is 3.90. The molecule has 0 unspecified atom stereocenters. The van der Waals surface area contributed by atoms with Crippen LogP contribution < -0.4 is 0 Å². The number of nitriles is 1. The zero-order valence-corrected chi connectivity index (χ0v) is 11.0. The van der Waals surface area contributed by atoms with Crippen LogP contribution in [0.25, 0.3) is 0 Å². The highest BCUT2D eigenvalue weighted by Gasteiger charge is 2.16. The van der Waals surface area contributed by atoms with E-state index in [1.807, 2.05) is 6.07 Å². The van der Waals surface area contributed by atoms with Gasteiger partial charge in [0, 0.05) is 11.4 Å². The highest BCUT2D eigenvalue weighted by molar-refractivity contribution is 7.99. The number of carbonyl (C=O) groups is 1. The first kappa shape index (κ1) is 12.9. The van der Waals surface area contributed by atoms with Crippen LogP contribution in [-0.4, -0.2) is 23.8 Å². The van der Waals surface area contributed by atoms with Gasteiger partial charge in [-0.15, -0.1) is 11.8 Å². The molecule has 5 heteroatoms. The number of aromatic nitrogens is 1. The molecule has 0 N–H and O–H groups in total. The van der Waals surface area contributed by atoms with Crippen molar-refractivity contribution in [3.63, 3.8) is 0 Å². The summed E-state index contributed by atoms with van der Waals surface area (Å²) in [6.45, 7) is 0. The number of hydrogen-bond acceptors (Lipinski definition) is 5. The van der Waals surface area contributed by atoms with E-state index in [0.717, 1.165) is 30.0 Å². The molecule has 0 radical (unpaired) electrons. The number of fused-ring (bicyclic) bond motifs is 1. The molecule has 0 spiro atoms. The molecular formula is C13H14N2O2S. The third kappa shape index (κ3) is 2.82. The second-order valence-electron chi connectivity index (χ2n) is 4.09. The zero-order chi connectivity index (χ0) is 13.0. The van der Waals surface area contributed by atoms with Gasteiger partial charge in [-0.1, -0.05) is 0 Å². The zero-order valence-electron chi connectivity index (χ0n) is 10.2. The number of esters is 1. The molecule has 1 heterocycles. The third-order valence-electron chi connectivity index (χ3n) is 2.91. The molecule has 0 bridgehead atoms. The summed E-state index contributed by atoms with van der Waals surface area (Å²) in [6, 6.07) is 4.12. The van der Waals surface area contributed by atoms with Gasteiger partial charge in [-0.3, -0.25) is 4.79 Å². The highest BCUT2D eigenvalue weighted by atomic mass is 32.2. The van der Waals surface area contributed by atoms with Gasteiger partial charge in [0.25, 0.3) is 0 Å². The molecule has 1 aromatic heterocycles. The standard InChI is InChI=1S/C13H14N2O2S/c1-17-12(16)5-6-18-13-10(8-14)7-9-3-2-4-11(9)15-13/h7H,2-6H2,1H3. The molecule has 0 amide bonds. The first-order valence-electron chi connectivity index (χ1n) is 5.87. The number of rotatable bonds is 4. The summed E-state index contributed by atoms with van der Waals surface area (Å²) in [4.78, 5) is 15.6. The fourth-order valence-corrected chi connectivity index (χ4v) is 2.87. The second kappa shape index (κ2) is 5.87. The smallest absolute Gasteiger partial charge is 0.306 e. The van der Waals surface area contributed by atoms with Crippen molar-refractivity contribution in [3.8, 4) is 6.07 Å². The maximum atomic E-state index is 11.0. The lowest BCUT2D eigenvalue weighted by Crippen LogP contribution is -2.02. The Balaban J connectivity index is 2.08. The lowest BCUT2D eigenvalue weighted by molar-refractivity contribution is -0.140. The van der Waals surface area contributed by atoms with Gasteiger partial charge >= 0.3 is 5.97 Å². The molecule has 1 aromatic rings. The topological polar surface area (TPSA) is 63.0 Å². The summed E-state index contributed by atoms with van der Waals surface area (Å²) in [5.41, 5.74) is 2.92. The number of ether oxygens (including phenoxy) is 1. The van der Waals surface area contributed by atoms with E-state index >= 15 is 0 Å². The predicted octanol–water partition coefficient (Wildman–Crippen LogP) is 2.10. The maximum Gasteiger partial charge on any atom is 0.306 e. The van der Waals surface area contributed by atoms with Crippen LogP contribution in [0.1, 0.15) is 29.7 Å². The largest absolute Gasteiger partial charge is 0.469 e. The average molecular weight is 262 g/mol. The number of nitrogens with zero attached hydrogens (tertiary/aromatic N) is 2. The quantitative estimate of drug-likeness (QED) is 0.614. The first-order valence-corrected chi connectivity index (χ1v) is 6.85. The van der Waals surface area contributed by atoms with Gasteiger partial charge < -0.3 is 4.74 Å². The summed E-state index contributed by atoms with van der Waals surface area (Å²) in [6.07, 6.45) is 3.46. The molecule has 94 valence electrons. The summed E-state index contributed by atoms with van der Waals surface area (Å²) in [5, 5.41) is 9.85. The monoisotopic (exact) mass is 262 g/mol. The molecule has 0 saturated heterocycles. The van der Waals surface area contributed by atoms with E-state index in [-0.39, 0.29) is 5.97 Å². The molecule has 4 nitrogen and oxygen atoms in total. The second-order valence-corrected chi connectivity index (χ2v) is 5.17. The number of pyridine rings is 1. The molecule has 0 fully saturated rings. The summed E-state index contributed by atoms with van der Waals surface area (Å²) >= 11 is 1.45. The van der Waals surface area contributed by atoms with Gasteiger partial charge in [0.2, 0.25) is 0 Å². The Morgan fingerprint density at radius 1 is 1.61 bits per heavy atom. The van der Waals surface area contributed by atoms with Crippen molar-refractivity contribution in [2.75, 3.05) is 12.9 Å². The van der Waals surface area contributed by atoms with E-state index in [1.54, 1.807) is 0 Å². The van der Waals surface area contributed by atoms with Crippen LogP contribution in [0.3, 0.4) is 0 Å². The normalized spacial score (nSPS) is 12.9. The van der Waals surface area contributed by atoms with Crippen molar-refractivity contribution in [2.45, 2.75) is 30.7 Å². The Bertz CT molecular complexity index is 508. The van der Waals surface area contributed by atoms with E-state index in [0.29, 0.717) is 17.7 Å². The van der Waals surface area contributed by atoms with E-state index in [4.69, 9.17) is 5.26 Å². The minimum Gasteiger partial charge on any atom is -0.469 e. The molecule has 18 heavy (non-hydrogen) atoms.